The lowest BCUT2D eigenvalue weighted by Gasteiger charge is -2.03. The zero-order valence-electron chi connectivity index (χ0n) is 15.8. The Morgan fingerprint density at radius 3 is 2.07 bits per heavy atom. The van der Waals surface area contributed by atoms with Crippen molar-refractivity contribution in [1.82, 2.24) is 0 Å². The highest BCUT2D eigenvalue weighted by Gasteiger charge is 2.00. The largest absolute Gasteiger partial charge is 0.480 e. The van der Waals surface area contributed by atoms with Gasteiger partial charge in [0.2, 0.25) is 0 Å². The van der Waals surface area contributed by atoms with Gasteiger partial charge in [0.1, 0.15) is 13.2 Å². The standard InChI is InChI=1S/C11H14O3.C10H11ClO3/c1-9-3-2-4-10(7-9)5-6-14-8-11(12)13;11-9-4-2-1-3-8(9)5-6-14-7-10(12)13/h2-4,7H,5-6,8H2,1H3,(H,12,13);1-4H,5-7H2,(H,12,13). The molecule has 0 radical (unpaired) electrons. The highest BCUT2D eigenvalue weighted by Crippen LogP contribution is 2.15. The van der Waals surface area contributed by atoms with E-state index in [1.165, 1.54) is 11.1 Å². The van der Waals surface area contributed by atoms with Gasteiger partial charge in [0.05, 0.1) is 13.2 Å². The number of hydrogen-bond donors (Lipinski definition) is 2. The van der Waals surface area contributed by atoms with Crippen molar-refractivity contribution in [2.45, 2.75) is 19.8 Å². The van der Waals surface area contributed by atoms with Crippen LogP contribution in [0.25, 0.3) is 0 Å². The van der Waals surface area contributed by atoms with E-state index < -0.39 is 11.9 Å². The number of aryl methyl sites for hydroxylation is 1. The zero-order chi connectivity index (χ0) is 20.8. The molecule has 0 aliphatic heterocycles. The molecule has 6 nitrogen and oxygen atoms in total. The zero-order valence-corrected chi connectivity index (χ0v) is 16.5. The van der Waals surface area contributed by atoms with Gasteiger partial charge >= 0.3 is 11.9 Å². The molecule has 2 aromatic rings. The van der Waals surface area contributed by atoms with Crippen LogP contribution in [0.4, 0.5) is 0 Å². The number of carbonyl (C=O) groups is 2. The molecule has 0 unspecified atom stereocenters. The van der Waals surface area contributed by atoms with E-state index in [1.807, 2.05) is 43.3 Å². The molecule has 0 heterocycles. The quantitative estimate of drug-likeness (QED) is 0.583. The van der Waals surface area contributed by atoms with Crippen LogP contribution in [0.1, 0.15) is 16.7 Å². The van der Waals surface area contributed by atoms with Crippen LogP contribution in [-0.2, 0) is 31.9 Å². The van der Waals surface area contributed by atoms with E-state index in [4.69, 9.17) is 31.3 Å². The predicted octanol–water partition coefficient (Wildman–Crippen LogP) is 3.62. The topological polar surface area (TPSA) is 93.1 Å². The number of ether oxygens (including phenoxy) is 2. The van der Waals surface area contributed by atoms with Crippen LogP contribution in [-0.4, -0.2) is 48.6 Å². The van der Waals surface area contributed by atoms with E-state index >= 15 is 0 Å². The third-order valence-electron chi connectivity index (χ3n) is 3.54. The molecule has 2 aromatic carbocycles. The minimum atomic E-state index is -0.954. The number of aliphatic carboxylic acids is 2. The minimum absolute atomic E-state index is 0.216. The molecule has 152 valence electrons. The number of carboxylic acids is 2. The molecule has 0 aliphatic carbocycles. The van der Waals surface area contributed by atoms with Crippen molar-refractivity contribution in [3.8, 4) is 0 Å². The molecule has 0 aromatic heterocycles. The number of benzene rings is 2. The lowest BCUT2D eigenvalue weighted by Crippen LogP contribution is -2.09. The Morgan fingerprint density at radius 2 is 1.50 bits per heavy atom. The van der Waals surface area contributed by atoms with Crippen LogP contribution in [0.3, 0.4) is 0 Å². The smallest absolute Gasteiger partial charge is 0.329 e. The molecule has 0 amide bonds. The fourth-order valence-corrected chi connectivity index (χ4v) is 2.49. The summed E-state index contributed by atoms with van der Waals surface area (Å²) in [5.41, 5.74) is 3.36. The van der Waals surface area contributed by atoms with Crippen molar-refractivity contribution in [2.24, 2.45) is 0 Å². The fourth-order valence-electron chi connectivity index (χ4n) is 2.26. The van der Waals surface area contributed by atoms with Gasteiger partial charge in [-0.05, 0) is 37.0 Å². The Bertz CT molecular complexity index is 747. The highest BCUT2D eigenvalue weighted by molar-refractivity contribution is 6.31. The van der Waals surface area contributed by atoms with Crippen molar-refractivity contribution < 1.29 is 29.3 Å². The highest BCUT2D eigenvalue weighted by atomic mass is 35.5. The summed E-state index contributed by atoms with van der Waals surface area (Å²) in [5, 5.41) is 17.3. The van der Waals surface area contributed by atoms with E-state index in [-0.39, 0.29) is 13.2 Å². The summed E-state index contributed by atoms with van der Waals surface area (Å²) in [6.45, 7) is 2.38. The van der Waals surface area contributed by atoms with Gasteiger partial charge in [-0.15, -0.1) is 0 Å². The van der Waals surface area contributed by atoms with Gasteiger partial charge in [-0.2, -0.15) is 0 Å². The summed E-state index contributed by atoms with van der Waals surface area (Å²) >= 11 is 5.89. The monoisotopic (exact) mass is 408 g/mol. The Labute approximate surface area is 169 Å². The molecule has 28 heavy (non-hydrogen) atoms. The maximum Gasteiger partial charge on any atom is 0.329 e. The maximum absolute atomic E-state index is 10.1. The van der Waals surface area contributed by atoms with Gasteiger partial charge < -0.3 is 19.7 Å². The first-order valence-corrected chi connectivity index (χ1v) is 9.14. The van der Waals surface area contributed by atoms with E-state index in [0.717, 1.165) is 12.0 Å². The summed E-state index contributed by atoms with van der Waals surface area (Å²) in [5.74, 6) is -1.88. The Hall–Kier alpha value is -2.41. The summed E-state index contributed by atoms with van der Waals surface area (Å²) in [6.07, 6.45) is 1.39. The molecule has 0 aliphatic rings. The molecule has 0 spiro atoms. The number of rotatable bonds is 10. The van der Waals surface area contributed by atoms with Crippen molar-refractivity contribution in [3.05, 3.63) is 70.2 Å². The van der Waals surface area contributed by atoms with Crippen molar-refractivity contribution in [1.29, 1.82) is 0 Å². The summed E-state index contributed by atoms with van der Waals surface area (Å²) in [6, 6.07) is 15.5. The fraction of sp³-hybridized carbons (Fsp3) is 0.333. The lowest BCUT2D eigenvalue weighted by atomic mass is 10.1. The SMILES string of the molecule is Cc1cccc(CCOCC(=O)O)c1.O=C(O)COCCc1ccccc1Cl. The third-order valence-corrected chi connectivity index (χ3v) is 3.91. The van der Waals surface area contributed by atoms with Crippen LogP contribution in [0.15, 0.2) is 48.5 Å². The molecule has 0 saturated carbocycles. The first-order chi connectivity index (χ1) is 13.4. The second-order valence-electron chi connectivity index (χ2n) is 5.97. The van der Waals surface area contributed by atoms with Gasteiger partial charge in [0.25, 0.3) is 0 Å². The van der Waals surface area contributed by atoms with Crippen molar-refractivity contribution in [3.63, 3.8) is 0 Å². The Morgan fingerprint density at radius 1 is 0.893 bits per heavy atom. The first-order valence-electron chi connectivity index (χ1n) is 8.76. The van der Waals surface area contributed by atoms with Gasteiger partial charge in [-0.25, -0.2) is 9.59 Å². The average Bonchev–Trinajstić information content (AvgIpc) is 2.64. The lowest BCUT2D eigenvalue weighted by molar-refractivity contribution is -0.143. The Balaban J connectivity index is 0.000000280. The average molecular weight is 409 g/mol. The van der Waals surface area contributed by atoms with E-state index in [1.54, 1.807) is 6.07 Å². The molecule has 2 N–H and O–H groups in total. The number of hydrogen-bond acceptors (Lipinski definition) is 4. The van der Waals surface area contributed by atoms with Crippen molar-refractivity contribution >= 4 is 23.5 Å². The molecule has 2 rings (SSSR count). The number of halogens is 1. The first kappa shape index (κ1) is 23.6. The van der Waals surface area contributed by atoms with Crippen molar-refractivity contribution in [2.75, 3.05) is 26.4 Å². The maximum atomic E-state index is 10.1. The van der Waals surface area contributed by atoms with Gasteiger partial charge in [-0.1, -0.05) is 59.6 Å². The van der Waals surface area contributed by atoms with Crippen LogP contribution >= 0.6 is 11.6 Å². The van der Waals surface area contributed by atoms with Crippen LogP contribution in [0.2, 0.25) is 5.02 Å². The summed E-state index contributed by atoms with van der Waals surface area (Å²) in [4.78, 5) is 20.3. The second kappa shape index (κ2) is 13.7. The molecular weight excluding hydrogens is 384 g/mol. The normalized spacial score (nSPS) is 10.1. The Kier molecular flexibility index (Phi) is 11.6. The van der Waals surface area contributed by atoms with Crippen LogP contribution in [0, 0.1) is 6.92 Å². The molecule has 0 fully saturated rings. The van der Waals surface area contributed by atoms with Crippen LogP contribution < -0.4 is 0 Å². The minimum Gasteiger partial charge on any atom is -0.480 e. The molecule has 0 saturated heterocycles. The molecular formula is C21H25ClO6. The van der Waals surface area contributed by atoms with Gasteiger partial charge in [0.15, 0.2) is 0 Å². The number of carboxylic acid groups (broad SMARTS) is 2. The molecule has 0 bridgehead atoms. The van der Waals surface area contributed by atoms with Gasteiger partial charge in [-0.3, -0.25) is 0 Å². The van der Waals surface area contributed by atoms with E-state index in [0.29, 0.717) is 24.7 Å². The summed E-state index contributed by atoms with van der Waals surface area (Å²) in [7, 11) is 0. The second-order valence-corrected chi connectivity index (χ2v) is 6.38. The van der Waals surface area contributed by atoms with E-state index in [9.17, 15) is 9.59 Å². The summed E-state index contributed by atoms with van der Waals surface area (Å²) < 4.78 is 9.84. The molecule has 7 heteroatoms. The predicted molar refractivity (Wildman–Crippen MR) is 107 cm³/mol. The van der Waals surface area contributed by atoms with E-state index in [2.05, 4.69) is 6.07 Å². The molecule has 0 atom stereocenters. The third kappa shape index (κ3) is 11.3. The van der Waals surface area contributed by atoms with Crippen LogP contribution in [0.5, 0.6) is 0 Å². The van der Waals surface area contributed by atoms with Gasteiger partial charge in [0, 0.05) is 5.02 Å².